The summed E-state index contributed by atoms with van der Waals surface area (Å²) in [6, 6.07) is 0. The molecular formula is C12H22O2. The lowest BCUT2D eigenvalue weighted by molar-refractivity contribution is -0.124. The van der Waals surface area contributed by atoms with Crippen molar-refractivity contribution in [1.82, 2.24) is 0 Å². The normalized spacial score (nSPS) is 27.6. The van der Waals surface area contributed by atoms with E-state index >= 15 is 0 Å². The van der Waals surface area contributed by atoms with Gasteiger partial charge in [0.25, 0.3) is 0 Å². The van der Waals surface area contributed by atoms with Crippen molar-refractivity contribution < 1.29 is 9.90 Å². The molecule has 0 aromatic rings. The summed E-state index contributed by atoms with van der Waals surface area (Å²) in [5.41, 5.74) is 0. The fraction of sp³-hybridized carbons (Fsp3) is 0.917. The van der Waals surface area contributed by atoms with E-state index in [1.165, 1.54) is 19.3 Å². The van der Waals surface area contributed by atoms with Gasteiger partial charge in [-0.15, -0.1) is 0 Å². The van der Waals surface area contributed by atoms with Crippen LogP contribution in [-0.4, -0.2) is 17.5 Å². The summed E-state index contributed by atoms with van der Waals surface area (Å²) in [4.78, 5) is 11.7. The van der Waals surface area contributed by atoms with E-state index in [4.69, 9.17) is 5.11 Å². The monoisotopic (exact) mass is 198 g/mol. The second-order valence-electron chi connectivity index (χ2n) is 4.43. The van der Waals surface area contributed by atoms with Crippen molar-refractivity contribution in [2.45, 2.75) is 51.9 Å². The maximum absolute atomic E-state index is 11.7. The van der Waals surface area contributed by atoms with Gasteiger partial charge in [-0.2, -0.15) is 0 Å². The van der Waals surface area contributed by atoms with Crippen LogP contribution in [0.4, 0.5) is 0 Å². The Morgan fingerprint density at radius 2 is 2.21 bits per heavy atom. The number of Topliss-reactive ketones (excluding diaryl/α,β-unsaturated/α-hetero) is 1. The molecule has 0 saturated heterocycles. The molecule has 1 N–H and O–H groups in total. The average molecular weight is 198 g/mol. The van der Waals surface area contributed by atoms with Crippen molar-refractivity contribution in [2.75, 3.05) is 6.61 Å². The zero-order valence-corrected chi connectivity index (χ0v) is 9.17. The van der Waals surface area contributed by atoms with Crippen LogP contribution in [-0.2, 0) is 4.79 Å². The first-order chi connectivity index (χ1) is 6.77. The molecule has 14 heavy (non-hydrogen) atoms. The van der Waals surface area contributed by atoms with Crippen LogP contribution < -0.4 is 0 Å². The SMILES string of the molecule is CCC1CCCC(C(=O)CCCO)C1. The van der Waals surface area contributed by atoms with Crippen LogP contribution in [0.5, 0.6) is 0 Å². The number of hydrogen-bond donors (Lipinski definition) is 1. The van der Waals surface area contributed by atoms with E-state index in [2.05, 4.69) is 6.92 Å². The Morgan fingerprint density at radius 1 is 1.43 bits per heavy atom. The van der Waals surface area contributed by atoms with E-state index in [-0.39, 0.29) is 6.61 Å². The highest BCUT2D eigenvalue weighted by molar-refractivity contribution is 5.81. The maximum Gasteiger partial charge on any atom is 0.136 e. The number of carbonyl (C=O) groups is 1. The Morgan fingerprint density at radius 3 is 2.86 bits per heavy atom. The van der Waals surface area contributed by atoms with Gasteiger partial charge in [0.1, 0.15) is 5.78 Å². The molecular weight excluding hydrogens is 176 g/mol. The highest BCUT2D eigenvalue weighted by Crippen LogP contribution is 2.32. The summed E-state index contributed by atoms with van der Waals surface area (Å²) in [6.07, 6.45) is 7.14. The van der Waals surface area contributed by atoms with Crippen molar-refractivity contribution in [3.63, 3.8) is 0 Å². The predicted octanol–water partition coefficient (Wildman–Crippen LogP) is 2.54. The first-order valence-corrected chi connectivity index (χ1v) is 5.91. The number of rotatable bonds is 5. The third-order valence-corrected chi connectivity index (χ3v) is 3.40. The van der Waals surface area contributed by atoms with E-state index in [0.29, 0.717) is 24.5 Å². The van der Waals surface area contributed by atoms with Gasteiger partial charge in [0, 0.05) is 18.9 Å². The van der Waals surface area contributed by atoms with Crippen LogP contribution in [0.1, 0.15) is 51.9 Å². The van der Waals surface area contributed by atoms with Crippen LogP contribution in [0.25, 0.3) is 0 Å². The van der Waals surface area contributed by atoms with E-state index < -0.39 is 0 Å². The quantitative estimate of drug-likeness (QED) is 0.737. The van der Waals surface area contributed by atoms with Gasteiger partial charge >= 0.3 is 0 Å². The minimum atomic E-state index is 0.148. The van der Waals surface area contributed by atoms with Crippen molar-refractivity contribution >= 4 is 5.78 Å². The molecule has 1 saturated carbocycles. The van der Waals surface area contributed by atoms with Gasteiger partial charge in [0.2, 0.25) is 0 Å². The molecule has 0 radical (unpaired) electrons. The van der Waals surface area contributed by atoms with Crippen LogP contribution in [0.3, 0.4) is 0 Å². The first kappa shape index (κ1) is 11.7. The van der Waals surface area contributed by atoms with Crippen LogP contribution in [0.2, 0.25) is 0 Å². The highest BCUT2D eigenvalue weighted by atomic mass is 16.3. The smallest absolute Gasteiger partial charge is 0.136 e. The zero-order chi connectivity index (χ0) is 10.4. The summed E-state index contributed by atoms with van der Waals surface area (Å²) in [7, 11) is 0. The molecule has 0 aliphatic heterocycles. The molecule has 0 amide bonds. The number of aliphatic hydroxyl groups is 1. The molecule has 2 unspecified atom stereocenters. The molecule has 1 aliphatic rings. The molecule has 2 atom stereocenters. The summed E-state index contributed by atoms with van der Waals surface area (Å²) < 4.78 is 0. The first-order valence-electron chi connectivity index (χ1n) is 5.91. The molecule has 1 aliphatic carbocycles. The van der Waals surface area contributed by atoms with Crippen molar-refractivity contribution in [1.29, 1.82) is 0 Å². The summed E-state index contributed by atoms with van der Waals surface area (Å²) >= 11 is 0. The van der Waals surface area contributed by atoms with E-state index in [1.807, 2.05) is 0 Å². The molecule has 0 aromatic heterocycles. The second-order valence-corrected chi connectivity index (χ2v) is 4.43. The van der Waals surface area contributed by atoms with Gasteiger partial charge in [-0.3, -0.25) is 4.79 Å². The lowest BCUT2D eigenvalue weighted by atomic mass is 9.77. The van der Waals surface area contributed by atoms with Gasteiger partial charge in [0.15, 0.2) is 0 Å². The fourth-order valence-corrected chi connectivity index (χ4v) is 2.41. The number of aliphatic hydroxyl groups excluding tert-OH is 1. The molecule has 2 heteroatoms. The molecule has 1 rings (SSSR count). The van der Waals surface area contributed by atoms with Gasteiger partial charge in [0.05, 0.1) is 0 Å². The van der Waals surface area contributed by atoms with E-state index in [9.17, 15) is 4.79 Å². The Labute approximate surface area is 86.7 Å². The second kappa shape index (κ2) is 6.18. The molecule has 0 bridgehead atoms. The largest absolute Gasteiger partial charge is 0.396 e. The summed E-state index contributed by atoms with van der Waals surface area (Å²) in [6.45, 7) is 2.36. The van der Waals surface area contributed by atoms with Crippen molar-refractivity contribution in [3.8, 4) is 0 Å². The topological polar surface area (TPSA) is 37.3 Å². The molecule has 2 nitrogen and oxygen atoms in total. The number of carbonyl (C=O) groups excluding carboxylic acids is 1. The minimum absolute atomic E-state index is 0.148. The lowest BCUT2D eigenvalue weighted by Gasteiger charge is -2.27. The molecule has 0 heterocycles. The number of ketones is 1. The molecule has 1 fully saturated rings. The van der Waals surface area contributed by atoms with Crippen molar-refractivity contribution in [3.05, 3.63) is 0 Å². The standard InChI is InChI=1S/C12H22O2/c1-2-10-5-3-6-11(9-10)12(14)7-4-8-13/h10-11,13H,2-9H2,1H3. The van der Waals surface area contributed by atoms with E-state index in [1.54, 1.807) is 0 Å². The minimum Gasteiger partial charge on any atom is -0.396 e. The van der Waals surface area contributed by atoms with Crippen LogP contribution >= 0.6 is 0 Å². The average Bonchev–Trinajstić information content (AvgIpc) is 2.26. The fourth-order valence-electron chi connectivity index (χ4n) is 2.41. The summed E-state index contributed by atoms with van der Waals surface area (Å²) in [5, 5.41) is 8.66. The Balaban J connectivity index is 2.31. The van der Waals surface area contributed by atoms with Crippen LogP contribution in [0, 0.1) is 11.8 Å². The Kier molecular flexibility index (Phi) is 5.16. The van der Waals surface area contributed by atoms with E-state index in [0.717, 1.165) is 18.8 Å². The molecule has 82 valence electrons. The Hall–Kier alpha value is -0.370. The third kappa shape index (κ3) is 3.41. The maximum atomic E-state index is 11.7. The molecule has 0 spiro atoms. The lowest BCUT2D eigenvalue weighted by Crippen LogP contribution is -2.22. The van der Waals surface area contributed by atoms with Gasteiger partial charge in [-0.25, -0.2) is 0 Å². The Bertz CT molecular complexity index is 177. The van der Waals surface area contributed by atoms with Crippen molar-refractivity contribution in [2.24, 2.45) is 11.8 Å². The zero-order valence-electron chi connectivity index (χ0n) is 9.17. The van der Waals surface area contributed by atoms with Gasteiger partial charge < -0.3 is 5.11 Å². The third-order valence-electron chi connectivity index (χ3n) is 3.40. The predicted molar refractivity (Wildman–Crippen MR) is 57.1 cm³/mol. The summed E-state index contributed by atoms with van der Waals surface area (Å²) in [5.74, 6) is 1.46. The van der Waals surface area contributed by atoms with Gasteiger partial charge in [-0.1, -0.05) is 26.2 Å². The molecule has 0 aromatic carbocycles. The van der Waals surface area contributed by atoms with Gasteiger partial charge in [-0.05, 0) is 25.2 Å². The highest BCUT2D eigenvalue weighted by Gasteiger charge is 2.25. The van der Waals surface area contributed by atoms with Crippen LogP contribution in [0.15, 0.2) is 0 Å². The number of hydrogen-bond acceptors (Lipinski definition) is 2.